The highest BCUT2D eigenvalue weighted by atomic mass is 32.1. The van der Waals surface area contributed by atoms with Crippen LogP contribution in [0.25, 0.3) is 0 Å². The van der Waals surface area contributed by atoms with E-state index in [4.69, 9.17) is 14.2 Å². The molecule has 0 aliphatic carbocycles. The minimum Gasteiger partial charge on any atom is -0.330 e. The molecule has 0 radical (unpaired) electrons. The van der Waals surface area contributed by atoms with Crippen molar-refractivity contribution >= 4 is 12.6 Å². The first kappa shape index (κ1) is 23.2. The molecule has 0 amide bonds. The molecule has 1 atom stereocenters. The second-order valence-electron chi connectivity index (χ2n) is 6.54. The van der Waals surface area contributed by atoms with Gasteiger partial charge in [0, 0.05) is 21.3 Å². The Morgan fingerprint density at radius 1 is 0.652 bits per heavy atom. The third-order valence-electron chi connectivity index (χ3n) is 5.01. The molecule has 3 nitrogen and oxygen atoms in total. The molecule has 1 unspecified atom stereocenters. The molecule has 0 saturated carbocycles. The molecule has 140 valence electrons. The van der Waals surface area contributed by atoms with Crippen molar-refractivity contribution in [2.24, 2.45) is 5.41 Å². The standard InChI is InChI=1S/C19H40O3S/c1-6-8-9-10-11-12-15-18(14-7-2,16-13-17-23)19(20-3,21-4)22-5/h23H,6-17H2,1-5H3. The molecule has 0 aromatic heterocycles. The van der Waals surface area contributed by atoms with E-state index in [0.29, 0.717) is 0 Å². The van der Waals surface area contributed by atoms with Crippen LogP contribution in [0.2, 0.25) is 0 Å². The van der Waals surface area contributed by atoms with Gasteiger partial charge in [-0.2, -0.15) is 12.6 Å². The first-order chi connectivity index (χ1) is 11.1. The first-order valence-electron chi connectivity index (χ1n) is 9.38. The van der Waals surface area contributed by atoms with Crippen molar-refractivity contribution in [2.45, 2.75) is 90.4 Å². The van der Waals surface area contributed by atoms with Gasteiger partial charge in [-0.1, -0.05) is 58.8 Å². The molecule has 0 saturated heterocycles. The van der Waals surface area contributed by atoms with E-state index in [0.717, 1.165) is 37.9 Å². The fourth-order valence-electron chi connectivity index (χ4n) is 3.87. The van der Waals surface area contributed by atoms with Gasteiger partial charge in [0.15, 0.2) is 0 Å². The Kier molecular flexibility index (Phi) is 13.6. The van der Waals surface area contributed by atoms with Crippen LogP contribution < -0.4 is 0 Å². The maximum absolute atomic E-state index is 5.78. The highest BCUT2D eigenvalue weighted by molar-refractivity contribution is 7.80. The molecule has 0 aromatic carbocycles. The summed E-state index contributed by atoms with van der Waals surface area (Å²) in [5.74, 6) is -0.0649. The van der Waals surface area contributed by atoms with Crippen molar-refractivity contribution in [1.29, 1.82) is 0 Å². The minimum atomic E-state index is -0.949. The summed E-state index contributed by atoms with van der Waals surface area (Å²) in [5, 5.41) is 0. The van der Waals surface area contributed by atoms with Crippen LogP contribution in [0.1, 0.15) is 84.5 Å². The van der Waals surface area contributed by atoms with Crippen LogP contribution in [0.4, 0.5) is 0 Å². The summed E-state index contributed by atoms with van der Waals surface area (Å²) in [6.45, 7) is 4.48. The van der Waals surface area contributed by atoms with Gasteiger partial charge in [-0.15, -0.1) is 0 Å². The molecular formula is C19H40O3S. The van der Waals surface area contributed by atoms with Crippen LogP contribution in [-0.4, -0.2) is 33.1 Å². The van der Waals surface area contributed by atoms with E-state index in [1.165, 1.54) is 38.5 Å². The number of rotatable bonds is 16. The van der Waals surface area contributed by atoms with E-state index in [2.05, 4.69) is 26.5 Å². The van der Waals surface area contributed by atoms with Crippen LogP contribution in [0.3, 0.4) is 0 Å². The van der Waals surface area contributed by atoms with Gasteiger partial charge in [-0.25, -0.2) is 0 Å². The van der Waals surface area contributed by atoms with Crippen LogP contribution in [0, 0.1) is 5.41 Å². The van der Waals surface area contributed by atoms with Crippen molar-refractivity contribution in [1.82, 2.24) is 0 Å². The molecule has 0 spiro atoms. The molecule has 0 aliphatic heterocycles. The zero-order valence-electron chi connectivity index (χ0n) is 16.2. The number of unbranched alkanes of at least 4 members (excludes halogenated alkanes) is 5. The molecule has 0 N–H and O–H groups in total. The van der Waals surface area contributed by atoms with Crippen molar-refractivity contribution in [3.05, 3.63) is 0 Å². The highest BCUT2D eigenvalue weighted by Crippen LogP contribution is 2.48. The molecule has 4 heteroatoms. The van der Waals surface area contributed by atoms with Crippen LogP contribution in [-0.2, 0) is 14.2 Å². The second-order valence-corrected chi connectivity index (χ2v) is 6.99. The van der Waals surface area contributed by atoms with Gasteiger partial charge in [0.25, 0.3) is 5.97 Å². The van der Waals surface area contributed by atoms with Gasteiger partial charge >= 0.3 is 0 Å². The minimum absolute atomic E-state index is 0.104. The second kappa shape index (κ2) is 13.5. The highest BCUT2D eigenvalue weighted by Gasteiger charge is 2.52. The largest absolute Gasteiger partial charge is 0.330 e. The Morgan fingerprint density at radius 2 is 1.17 bits per heavy atom. The SMILES string of the molecule is CCCCCCCCC(CCC)(CCCS)C(OC)(OC)OC. The third kappa shape index (κ3) is 6.93. The number of hydrogen-bond donors (Lipinski definition) is 1. The summed E-state index contributed by atoms with van der Waals surface area (Å²) in [6.07, 6.45) is 13.1. The average molecular weight is 349 g/mol. The Morgan fingerprint density at radius 3 is 1.65 bits per heavy atom. The van der Waals surface area contributed by atoms with E-state index in [-0.39, 0.29) is 5.41 Å². The summed E-state index contributed by atoms with van der Waals surface area (Å²) >= 11 is 4.41. The normalized spacial score (nSPS) is 14.9. The van der Waals surface area contributed by atoms with Crippen molar-refractivity contribution in [3.63, 3.8) is 0 Å². The van der Waals surface area contributed by atoms with Crippen LogP contribution in [0.5, 0.6) is 0 Å². The zero-order valence-corrected chi connectivity index (χ0v) is 17.1. The first-order valence-corrected chi connectivity index (χ1v) is 10.0. The van der Waals surface area contributed by atoms with Crippen molar-refractivity contribution < 1.29 is 14.2 Å². The Labute approximate surface area is 150 Å². The summed E-state index contributed by atoms with van der Waals surface area (Å²) < 4.78 is 17.3. The summed E-state index contributed by atoms with van der Waals surface area (Å²) in [6, 6.07) is 0. The molecule has 0 aromatic rings. The van der Waals surface area contributed by atoms with Gasteiger partial charge in [0.05, 0.1) is 5.41 Å². The molecule has 23 heavy (non-hydrogen) atoms. The van der Waals surface area contributed by atoms with E-state index in [9.17, 15) is 0 Å². The molecule has 0 bridgehead atoms. The fourth-order valence-corrected chi connectivity index (χ4v) is 4.03. The average Bonchev–Trinajstić information content (AvgIpc) is 2.58. The molecule has 0 fully saturated rings. The Hall–Kier alpha value is 0.230. The fraction of sp³-hybridized carbons (Fsp3) is 1.00. The predicted octanol–water partition coefficient (Wildman–Crippen LogP) is 5.83. The molecule has 0 heterocycles. The van der Waals surface area contributed by atoms with Gasteiger partial charge in [0.1, 0.15) is 0 Å². The van der Waals surface area contributed by atoms with Gasteiger partial charge in [-0.3, -0.25) is 0 Å². The topological polar surface area (TPSA) is 27.7 Å². The van der Waals surface area contributed by atoms with Crippen molar-refractivity contribution in [2.75, 3.05) is 27.1 Å². The number of hydrogen-bond acceptors (Lipinski definition) is 4. The van der Waals surface area contributed by atoms with Crippen LogP contribution in [0.15, 0.2) is 0 Å². The predicted molar refractivity (Wildman–Crippen MR) is 102 cm³/mol. The summed E-state index contributed by atoms with van der Waals surface area (Å²) in [7, 11) is 5.08. The van der Waals surface area contributed by atoms with Crippen molar-refractivity contribution in [3.8, 4) is 0 Å². The number of methoxy groups -OCH3 is 3. The molecular weight excluding hydrogens is 308 g/mol. The lowest BCUT2D eigenvalue weighted by molar-refractivity contribution is -0.411. The third-order valence-corrected chi connectivity index (χ3v) is 5.32. The quantitative estimate of drug-likeness (QED) is 0.216. The van der Waals surface area contributed by atoms with E-state index in [1.54, 1.807) is 21.3 Å². The van der Waals surface area contributed by atoms with Crippen LogP contribution >= 0.6 is 12.6 Å². The maximum atomic E-state index is 5.78. The summed E-state index contributed by atoms with van der Waals surface area (Å²) in [4.78, 5) is 0. The van der Waals surface area contributed by atoms with Gasteiger partial charge in [-0.05, 0) is 31.4 Å². The lowest BCUT2D eigenvalue weighted by Crippen LogP contribution is -2.53. The lowest BCUT2D eigenvalue weighted by Gasteiger charge is -2.47. The molecule has 0 aliphatic rings. The Bertz CT molecular complexity index is 261. The summed E-state index contributed by atoms with van der Waals surface area (Å²) in [5.41, 5.74) is -0.104. The van der Waals surface area contributed by atoms with Gasteiger partial charge in [0.2, 0.25) is 0 Å². The molecule has 0 rings (SSSR count). The number of ether oxygens (including phenoxy) is 3. The monoisotopic (exact) mass is 348 g/mol. The number of thiol groups is 1. The lowest BCUT2D eigenvalue weighted by atomic mass is 9.72. The zero-order chi connectivity index (χ0) is 17.6. The van der Waals surface area contributed by atoms with Gasteiger partial charge < -0.3 is 14.2 Å². The smallest absolute Gasteiger partial charge is 0.288 e. The van der Waals surface area contributed by atoms with E-state index >= 15 is 0 Å². The Balaban J connectivity index is 5.00. The van der Waals surface area contributed by atoms with E-state index < -0.39 is 5.97 Å². The maximum Gasteiger partial charge on any atom is 0.288 e. The van der Waals surface area contributed by atoms with E-state index in [1.807, 2.05) is 0 Å².